The number of rotatable bonds is 5. The zero-order chi connectivity index (χ0) is 18.6. The van der Waals surface area contributed by atoms with Crippen LogP contribution in [0.5, 0.6) is 0 Å². The molecule has 0 radical (unpaired) electrons. The second-order valence-corrected chi connectivity index (χ2v) is 7.42. The van der Waals surface area contributed by atoms with Crippen LogP contribution in [-0.4, -0.2) is 30.4 Å². The van der Waals surface area contributed by atoms with E-state index in [1.165, 1.54) is 12.8 Å². The van der Waals surface area contributed by atoms with Crippen LogP contribution in [0.3, 0.4) is 0 Å². The molecule has 1 atom stereocenters. The zero-order valence-electron chi connectivity index (χ0n) is 15.2. The van der Waals surface area contributed by atoms with E-state index in [1.54, 1.807) is 0 Å². The molecule has 0 aromatic heterocycles. The summed E-state index contributed by atoms with van der Waals surface area (Å²) < 4.78 is 0. The lowest BCUT2D eigenvalue weighted by atomic mass is 10.0. The Balaban J connectivity index is 1.57. The summed E-state index contributed by atoms with van der Waals surface area (Å²) in [5, 5.41) is 5.97. The van der Waals surface area contributed by atoms with Gasteiger partial charge in [0.05, 0.1) is 6.04 Å². The van der Waals surface area contributed by atoms with Crippen molar-refractivity contribution in [1.29, 1.82) is 0 Å². The molecule has 138 valence electrons. The fourth-order valence-corrected chi connectivity index (χ4v) is 4.20. The van der Waals surface area contributed by atoms with Crippen LogP contribution >= 0.6 is 11.6 Å². The number of amides is 1. The minimum Gasteiger partial charge on any atom is -0.350 e. The highest BCUT2D eigenvalue weighted by molar-refractivity contribution is 6.31. The second-order valence-electron chi connectivity index (χ2n) is 7.02. The topological polar surface area (TPSA) is 32.3 Å². The van der Waals surface area contributed by atoms with E-state index in [0.717, 1.165) is 34.4 Å². The standard InChI is InChI=1S/C23H23ClN2O/c24-21-13-4-3-11-20(21)22(26-14-5-6-15-26)16-25-23(27)19-12-7-9-17-8-1-2-10-18(17)19/h1-4,7-13,22H,5-6,14-16H2,(H,25,27). The Hall–Kier alpha value is -2.36. The Labute approximate surface area is 164 Å². The van der Waals surface area contributed by atoms with Gasteiger partial charge in [0.1, 0.15) is 0 Å². The van der Waals surface area contributed by atoms with Crippen molar-refractivity contribution in [2.75, 3.05) is 19.6 Å². The molecule has 3 aromatic carbocycles. The molecule has 1 fully saturated rings. The molecule has 1 N–H and O–H groups in total. The molecular weight excluding hydrogens is 356 g/mol. The highest BCUT2D eigenvalue weighted by Crippen LogP contribution is 2.30. The van der Waals surface area contributed by atoms with E-state index in [4.69, 9.17) is 11.6 Å². The van der Waals surface area contributed by atoms with Crippen LogP contribution in [0.4, 0.5) is 0 Å². The minimum atomic E-state index is -0.0388. The Morgan fingerprint density at radius 3 is 2.48 bits per heavy atom. The molecule has 1 aliphatic heterocycles. The number of benzene rings is 3. The van der Waals surface area contributed by atoms with Gasteiger partial charge in [-0.3, -0.25) is 9.69 Å². The fraction of sp³-hybridized carbons (Fsp3) is 0.261. The molecule has 0 spiro atoms. The predicted octanol–water partition coefficient (Wildman–Crippen LogP) is 5.06. The molecule has 3 nitrogen and oxygen atoms in total. The first-order valence-electron chi connectivity index (χ1n) is 9.48. The van der Waals surface area contributed by atoms with Gasteiger partial charge in [0.15, 0.2) is 0 Å². The molecule has 0 aliphatic carbocycles. The molecule has 0 saturated carbocycles. The van der Waals surface area contributed by atoms with Gasteiger partial charge in [-0.15, -0.1) is 0 Å². The van der Waals surface area contributed by atoms with Gasteiger partial charge in [-0.2, -0.15) is 0 Å². The van der Waals surface area contributed by atoms with Gasteiger partial charge in [-0.25, -0.2) is 0 Å². The summed E-state index contributed by atoms with van der Waals surface area (Å²) in [5.74, 6) is -0.0388. The molecule has 1 heterocycles. The number of carbonyl (C=O) groups is 1. The molecule has 1 saturated heterocycles. The summed E-state index contributed by atoms with van der Waals surface area (Å²) in [6.45, 7) is 2.63. The molecular formula is C23H23ClN2O. The second kappa shape index (κ2) is 8.12. The number of likely N-dealkylation sites (tertiary alicyclic amines) is 1. The van der Waals surface area contributed by atoms with Gasteiger partial charge in [-0.05, 0) is 54.4 Å². The first kappa shape index (κ1) is 18.0. The first-order chi connectivity index (χ1) is 13.2. The van der Waals surface area contributed by atoms with E-state index >= 15 is 0 Å². The van der Waals surface area contributed by atoms with E-state index < -0.39 is 0 Å². The summed E-state index contributed by atoms with van der Waals surface area (Å²) in [6, 6.07) is 21.9. The third kappa shape index (κ3) is 3.85. The molecule has 3 aromatic rings. The summed E-state index contributed by atoms with van der Waals surface area (Å²) >= 11 is 6.47. The van der Waals surface area contributed by atoms with Crippen LogP contribution in [0.25, 0.3) is 10.8 Å². The largest absolute Gasteiger partial charge is 0.350 e. The number of nitrogens with one attached hydrogen (secondary N) is 1. The van der Waals surface area contributed by atoms with Crippen molar-refractivity contribution in [3.05, 3.63) is 82.9 Å². The maximum Gasteiger partial charge on any atom is 0.251 e. The SMILES string of the molecule is O=C(NCC(c1ccccc1Cl)N1CCCC1)c1cccc2ccccc12. The lowest BCUT2D eigenvalue weighted by Gasteiger charge is -2.29. The van der Waals surface area contributed by atoms with E-state index in [-0.39, 0.29) is 11.9 Å². The summed E-state index contributed by atoms with van der Waals surface area (Å²) in [4.78, 5) is 15.4. The lowest BCUT2D eigenvalue weighted by Crippen LogP contribution is -2.37. The quantitative estimate of drug-likeness (QED) is 0.673. The fourth-order valence-electron chi connectivity index (χ4n) is 3.94. The molecule has 1 aliphatic rings. The van der Waals surface area contributed by atoms with Crippen LogP contribution in [0.15, 0.2) is 66.7 Å². The van der Waals surface area contributed by atoms with Crippen LogP contribution in [0, 0.1) is 0 Å². The highest BCUT2D eigenvalue weighted by atomic mass is 35.5. The van der Waals surface area contributed by atoms with Crippen molar-refractivity contribution in [2.45, 2.75) is 18.9 Å². The van der Waals surface area contributed by atoms with Gasteiger partial charge < -0.3 is 5.32 Å². The number of fused-ring (bicyclic) bond motifs is 1. The van der Waals surface area contributed by atoms with Crippen LogP contribution < -0.4 is 5.32 Å². The molecule has 27 heavy (non-hydrogen) atoms. The van der Waals surface area contributed by atoms with Crippen LogP contribution in [-0.2, 0) is 0 Å². The molecule has 0 bridgehead atoms. The summed E-state index contributed by atoms with van der Waals surface area (Å²) in [6.07, 6.45) is 2.39. The van der Waals surface area contributed by atoms with E-state index in [2.05, 4.69) is 16.3 Å². The van der Waals surface area contributed by atoms with Crippen molar-refractivity contribution in [1.82, 2.24) is 10.2 Å². The number of hydrogen-bond donors (Lipinski definition) is 1. The average Bonchev–Trinajstić information content (AvgIpc) is 3.23. The summed E-state index contributed by atoms with van der Waals surface area (Å²) in [5.41, 5.74) is 1.80. The van der Waals surface area contributed by atoms with Crippen molar-refractivity contribution in [3.63, 3.8) is 0 Å². The normalized spacial score (nSPS) is 15.7. The van der Waals surface area contributed by atoms with Crippen molar-refractivity contribution in [3.8, 4) is 0 Å². The Bertz CT molecular complexity index is 945. The minimum absolute atomic E-state index is 0.0388. The predicted molar refractivity (Wildman–Crippen MR) is 111 cm³/mol. The number of nitrogens with zero attached hydrogens (tertiary/aromatic N) is 1. The lowest BCUT2D eigenvalue weighted by molar-refractivity contribution is 0.0939. The van der Waals surface area contributed by atoms with Crippen molar-refractivity contribution < 1.29 is 4.79 Å². The Morgan fingerprint density at radius 1 is 0.963 bits per heavy atom. The monoisotopic (exact) mass is 378 g/mol. The molecule has 4 heteroatoms. The van der Waals surface area contributed by atoms with Crippen LogP contribution in [0.2, 0.25) is 5.02 Å². The molecule has 4 rings (SSSR count). The van der Waals surface area contributed by atoms with E-state index in [0.29, 0.717) is 12.1 Å². The zero-order valence-corrected chi connectivity index (χ0v) is 16.0. The smallest absolute Gasteiger partial charge is 0.251 e. The van der Waals surface area contributed by atoms with Gasteiger partial charge in [-0.1, -0.05) is 66.2 Å². The molecule has 1 amide bonds. The third-order valence-corrected chi connectivity index (χ3v) is 5.68. The number of halogens is 1. The highest BCUT2D eigenvalue weighted by Gasteiger charge is 2.25. The number of carbonyl (C=O) groups excluding carboxylic acids is 1. The van der Waals surface area contributed by atoms with Crippen molar-refractivity contribution in [2.24, 2.45) is 0 Å². The third-order valence-electron chi connectivity index (χ3n) is 5.34. The number of hydrogen-bond acceptors (Lipinski definition) is 2. The summed E-state index contributed by atoms with van der Waals surface area (Å²) in [7, 11) is 0. The maximum atomic E-state index is 12.9. The Morgan fingerprint density at radius 2 is 1.67 bits per heavy atom. The van der Waals surface area contributed by atoms with Crippen LogP contribution in [0.1, 0.15) is 34.8 Å². The van der Waals surface area contributed by atoms with Gasteiger partial charge in [0, 0.05) is 17.1 Å². The van der Waals surface area contributed by atoms with Gasteiger partial charge in [0.2, 0.25) is 0 Å². The van der Waals surface area contributed by atoms with Gasteiger partial charge >= 0.3 is 0 Å². The maximum absolute atomic E-state index is 12.9. The first-order valence-corrected chi connectivity index (χ1v) is 9.86. The molecule has 1 unspecified atom stereocenters. The van der Waals surface area contributed by atoms with Gasteiger partial charge in [0.25, 0.3) is 5.91 Å². The van der Waals surface area contributed by atoms with Crippen molar-refractivity contribution >= 4 is 28.3 Å². The van der Waals surface area contributed by atoms with E-state index in [9.17, 15) is 4.79 Å². The van der Waals surface area contributed by atoms with E-state index in [1.807, 2.05) is 60.7 Å². The Kier molecular flexibility index (Phi) is 5.42. The average molecular weight is 379 g/mol.